The summed E-state index contributed by atoms with van der Waals surface area (Å²) >= 11 is 6.08. The average Bonchev–Trinajstić information content (AvgIpc) is 2.93. The molecule has 7 heteroatoms. The van der Waals surface area contributed by atoms with Crippen molar-refractivity contribution < 1.29 is 18.7 Å². The number of benzene rings is 1. The van der Waals surface area contributed by atoms with Gasteiger partial charge < -0.3 is 14.5 Å². The third kappa shape index (κ3) is 3.68. The van der Waals surface area contributed by atoms with Crippen LogP contribution in [-0.4, -0.2) is 23.5 Å². The van der Waals surface area contributed by atoms with E-state index in [0.717, 1.165) is 0 Å². The van der Waals surface area contributed by atoms with E-state index in [1.54, 1.807) is 32.0 Å². The van der Waals surface area contributed by atoms with Gasteiger partial charge in [0.15, 0.2) is 11.7 Å². The van der Waals surface area contributed by atoms with E-state index in [9.17, 15) is 14.9 Å². The first kappa shape index (κ1) is 19.8. The van der Waals surface area contributed by atoms with Gasteiger partial charge in [-0.3, -0.25) is 4.79 Å². The molecule has 1 heterocycles. The summed E-state index contributed by atoms with van der Waals surface area (Å²) in [5.41, 5.74) is -0.0719. The number of carbonyl (C=O) groups is 2. The number of fused-ring (bicyclic) bond motifs is 1. The topological polar surface area (TPSA) is 92.3 Å². The van der Waals surface area contributed by atoms with Gasteiger partial charge in [0.25, 0.3) is 5.91 Å². The lowest BCUT2D eigenvalue weighted by molar-refractivity contribution is -0.130. The number of furan rings is 1. The van der Waals surface area contributed by atoms with Gasteiger partial charge in [-0.1, -0.05) is 37.6 Å². The minimum absolute atomic E-state index is 0.000320. The molecule has 2 atom stereocenters. The number of hydrogen-bond donors (Lipinski definition) is 1. The van der Waals surface area contributed by atoms with E-state index < -0.39 is 23.5 Å². The predicted molar refractivity (Wildman–Crippen MR) is 97.8 cm³/mol. The Morgan fingerprint density at radius 1 is 1.35 bits per heavy atom. The maximum absolute atomic E-state index is 12.4. The monoisotopic (exact) mass is 376 g/mol. The van der Waals surface area contributed by atoms with E-state index in [4.69, 9.17) is 20.8 Å². The van der Waals surface area contributed by atoms with Crippen molar-refractivity contribution in [3.05, 3.63) is 34.5 Å². The van der Waals surface area contributed by atoms with Crippen molar-refractivity contribution in [1.29, 1.82) is 5.26 Å². The Labute approximate surface area is 157 Å². The molecule has 26 heavy (non-hydrogen) atoms. The van der Waals surface area contributed by atoms with Crippen molar-refractivity contribution in [2.24, 2.45) is 5.92 Å². The van der Waals surface area contributed by atoms with Gasteiger partial charge in [0.05, 0.1) is 11.1 Å². The quantitative estimate of drug-likeness (QED) is 0.796. The molecular weight excluding hydrogens is 356 g/mol. The molecule has 2 aromatic rings. The number of halogens is 1. The summed E-state index contributed by atoms with van der Waals surface area (Å²) in [5, 5.41) is 13.0. The third-order valence-corrected chi connectivity index (χ3v) is 4.82. The van der Waals surface area contributed by atoms with Crippen LogP contribution in [0, 0.1) is 24.2 Å². The van der Waals surface area contributed by atoms with Crippen molar-refractivity contribution in [1.82, 2.24) is 5.32 Å². The molecule has 0 fully saturated rings. The number of para-hydroxylation sites is 1. The number of esters is 1. The molecule has 6 nitrogen and oxygen atoms in total. The minimum Gasteiger partial charge on any atom is -0.447 e. The molecule has 2 rings (SSSR count). The van der Waals surface area contributed by atoms with Gasteiger partial charge in [0.2, 0.25) is 5.76 Å². The first-order valence-electron chi connectivity index (χ1n) is 8.22. The van der Waals surface area contributed by atoms with Crippen LogP contribution in [0.4, 0.5) is 0 Å². The number of amides is 1. The van der Waals surface area contributed by atoms with Gasteiger partial charge in [0, 0.05) is 10.9 Å². The Morgan fingerprint density at radius 3 is 2.54 bits per heavy atom. The third-order valence-electron chi connectivity index (χ3n) is 4.52. The number of ether oxygens (including phenoxy) is 1. The zero-order valence-corrected chi connectivity index (χ0v) is 16.1. The summed E-state index contributed by atoms with van der Waals surface area (Å²) < 4.78 is 10.8. The second-order valence-corrected chi connectivity index (χ2v) is 7.09. The molecule has 0 spiro atoms. The molecule has 0 saturated carbocycles. The molecule has 1 N–H and O–H groups in total. The van der Waals surface area contributed by atoms with E-state index in [2.05, 4.69) is 11.4 Å². The van der Waals surface area contributed by atoms with Crippen LogP contribution in [0.25, 0.3) is 11.0 Å². The molecule has 0 bridgehead atoms. The van der Waals surface area contributed by atoms with Crippen LogP contribution in [0.15, 0.2) is 22.6 Å². The fourth-order valence-corrected chi connectivity index (χ4v) is 2.54. The molecule has 1 aromatic heterocycles. The van der Waals surface area contributed by atoms with Gasteiger partial charge in [-0.15, -0.1) is 0 Å². The molecule has 1 aromatic carbocycles. The smallest absolute Gasteiger partial charge is 0.375 e. The number of rotatable bonds is 5. The highest BCUT2D eigenvalue weighted by atomic mass is 35.5. The molecule has 1 amide bonds. The molecule has 138 valence electrons. The summed E-state index contributed by atoms with van der Waals surface area (Å²) in [6.45, 7) is 8.42. The van der Waals surface area contributed by atoms with Crippen LogP contribution in [0.3, 0.4) is 0 Å². The highest BCUT2D eigenvalue weighted by Crippen LogP contribution is 2.31. The van der Waals surface area contributed by atoms with Gasteiger partial charge >= 0.3 is 5.97 Å². The predicted octanol–water partition coefficient (Wildman–Crippen LogP) is 3.99. The zero-order valence-electron chi connectivity index (χ0n) is 15.3. The Hall–Kier alpha value is -2.52. The van der Waals surface area contributed by atoms with Gasteiger partial charge in [-0.05, 0) is 32.8 Å². The van der Waals surface area contributed by atoms with Gasteiger partial charge in [0.1, 0.15) is 5.54 Å². The Bertz CT molecular complexity index is 897. The largest absolute Gasteiger partial charge is 0.447 e. The first-order valence-corrected chi connectivity index (χ1v) is 8.60. The van der Waals surface area contributed by atoms with Gasteiger partial charge in [-0.2, -0.15) is 5.26 Å². The maximum atomic E-state index is 12.4. The number of nitrogens with one attached hydrogen (secondary N) is 1. The van der Waals surface area contributed by atoms with Crippen molar-refractivity contribution in [3.8, 4) is 6.07 Å². The molecule has 0 radical (unpaired) electrons. The number of nitrogens with zero attached hydrogens (tertiary/aromatic N) is 1. The lowest BCUT2D eigenvalue weighted by atomic mass is 9.90. The summed E-state index contributed by atoms with van der Waals surface area (Å²) in [6, 6.07) is 7.28. The van der Waals surface area contributed by atoms with Crippen molar-refractivity contribution in [2.75, 3.05) is 0 Å². The second kappa shape index (κ2) is 7.38. The summed E-state index contributed by atoms with van der Waals surface area (Å²) in [4.78, 5) is 24.7. The summed E-state index contributed by atoms with van der Waals surface area (Å²) in [6.07, 6.45) is -1.09. The number of nitriles is 1. The van der Waals surface area contributed by atoms with E-state index in [-0.39, 0.29) is 11.7 Å². The summed E-state index contributed by atoms with van der Waals surface area (Å²) in [5.74, 6) is -1.43. The number of hydrogen-bond acceptors (Lipinski definition) is 5. The Balaban J connectivity index is 2.17. The molecule has 0 aliphatic heterocycles. The van der Waals surface area contributed by atoms with E-state index in [0.29, 0.717) is 21.6 Å². The second-order valence-electron chi connectivity index (χ2n) is 6.68. The molecular formula is C19H21ClN2O4. The van der Waals surface area contributed by atoms with Crippen LogP contribution in [0.2, 0.25) is 5.02 Å². The fraction of sp³-hybridized carbons (Fsp3) is 0.421. The first-order chi connectivity index (χ1) is 12.1. The SMILES string of the molecule is Cc1c(C(=O)O[C@H](C)C(=O)N[C@](C)(C#N)C(C)C)oc2c(Cl)cccc12. The van der Waals surface area contributed by atoms with Crippen LogP contribution in [0.5, 0.6) is 0 Å². The van der Waals surface area contributed by atoms with Crippen LogP contribution < -0.4 is 5.32 Å². The van der Waals surface area contributed by atoms with Crippen molar-refractivity contribution in [3.63, 3.8) is 0 Å². The average molecular weight is 377 g/mol. The number of aryl methyl sites for hydroxylation is 1. The van der Waals surface area contributed by atoms with Crippen LogP contribution in [0.1, 0.15) is 43.8 Å². The molecule has 0 saturated heterocycles. The normalized spacial score (nSPS) is 14.5. The van der Waals surface area contributed by atoms with E-state index in [1.807, 2.05) is 13.8 Å². The molecule has 0 unspecified atom stereocenters. The van der Waals surface area contributed by atoms with E-state index in [1.165, 1.54) is 6.92 Å². The summed E-state index contributed by atoms with van der Waals surface area (Å²) in [7, 11) is 0. The highest BCUT2D eigenvalue weighted by Gasteiger charge is 2.33. The fourth-order valence-electron chi connectivity index (χ4n) is 2.33. The zero-order chi connectivity index (χ0) is 19.6. The molecule has 0 aliphatic carbocycles. The van der Waals surface area contributed by atoms with Crippen molar-refractivity contribution >= 4 is 34.4 Å². The van der Waals surface area contributed by atoms with Crippen LogP contribution >= 0.6 is 11.6 Å². The van der Waals surface area contributed by atoms with Crippen molar-refractivity contribution in [2.45, 2.75) is 46.3 Å². The van der Waals surface area contributed by atoms with Crippen LogP contribution in [-0.2, 0) is 9.53 Å². The maximum Gasteiger partial charge on any atom is 0.375 e. The Kier molecular flexibility index (Phi) is 5.62. The minimum atomic E-state index is -1.09. The number of carbonyl (C=O) groups excluding carboxylic acids is 2. The van der Waals surface area contributed by atoms with E-state index >= 15 is 0 Å². The lowest BCUT2D eigenvalue weighted by Gasteiger charge is -2.28. The highest BCUT2D eigenvalue weighted by molar-refractivity contribution is 6.35. The lowest BCUT2D eigenvalue weighted by Crippen LogP contribution is -2.52. The standard InChI is InChI=1S/C19H21ClN2O4/c1-10(2)19(5,9-21)22-17(23)12(4)25-18(24)15-11(3)13-7-6-8-14(20)16(13)26-15/h6-8,10,12H,1-5H3,(H,22,23)/t12-,19-/m1/s1. The molecule has 0 aliphatic rings. The van der Waals surface area contributed by atoms with Gasteiger partial charge in [-0.25, -0.2) is 4.79 Å². The Morgan fingerprint density at radius 2 is 2.00 bits per heavy atom.